The summed E-state index contributed by atoms with van der Waals surface area (Å²) in [6, 6.07) is 7.12. The SMILES string of the molecule is CCC1(CNC(=O)Cc2ccc(/C(N)=N/O)cc2)CC1. The van der Waals surface area contributed by atoms with E-state index in [9.17, 15) is 4.79 Å². The number of benzene rings is 1. The molecule has 1 aliphatic rings. The minimum Gasteiger partial charge on any atom is -0.409 e. The Balaban J connectivity index is 1.85. The van der Waals surface area contributed by atoms with Crippen LogP contribution in [0, 0.1) is 5.41 Å². The second-order valence-corrected chi connectivity index (χ2v) is 5.49. The van der Waals surface area contributed by atoms with Crippen molar-refractivity contribution >= 4 is 11.7 Å². The molecule has 5 nitrogen and oxygen atoms in total. The third-order valence-electron chi connectivity index (χ3n) is 4.09. The molecule has 1 amide bonds. The lowest BCUT2D eigenvalue weighted by molar-refractivity contribution is -0.120. The summed E-state index contributed by atoms with van der Waals surface area (Å²) in [7, 11) is 0. The summed E-state index contributed by atoms with van der Waals surface area (Å²) in [6.45, 7) is 2.95. The first-order valence-corrected chi connectivity index (χ1v) is 6.92. The van der Waals surface area contributed by atoms with Crippen molar-refractivity contribution in [2.24, 2.45) is 16.3 Å². The number of carbonyl (C=O) groups is 1. The highest BCUT2D eigenvalue weighted by atomic mass is 16.4. The Morgan fingerprint density at radius 2 is 2.05 bits per heavy atom. The lowest BCUT2D eigenvalue weighted by Crippen LogP contribution is -2.31. The van der Waals surface area contributed by atoms with Gasteiger partial charge in [0.25, 0.3) is 0 Å². The largest absolute Gasteiger partial charge is 0.409 e. The smallest absolute Gasteiger partial charge is 0.224 e. The van der Waals surface area contributed by atoms with E-state index < -0.39 is 0 Å². The lowest BCUT2D eigenvalue weighted by atomic mass is 10.0. The maximum Gasteiger partial charge on any atom is 0.224 e. The molecule has 1 aliphatic carbocycles. The summed E-state index contributed by atoms with van der Waals surface area (Å²) < 4.78 is 0. The van der Waals surface area contributed by atoms with Crippen LogP contribution in [0.2, 0.25) is 0 Å². The second kappa shape index (κ2) is 5.94. The molecule has 0 unspecified atom stereocenters. The summed E-state index contributed by atoms with van der Waals surface area (Å²) in [5.41, 5.74) is 7.40. The molecule has 5 heteroatoms. The molecule has 20 heavy (non-hydrogen) atoms. The molecule has 0 atom stereocenters. The van der Waals surface area contributed by atoms with Crippen LogP contribution in [0.3, 0.4) is 0 Å². The van der Waals surface area contributed by atoms with Gasteiger partial charge in [-0.1, -0.05) is 36.3 Å². The summed E-state index contributed by atoms with van der Waals surface area (Å²) in [5.74, 6) is 0.112. The number of hydrogen-bond acceptors (Lipinski definition) is 3. The highest BCUT2D eigenvalue weighted by molar-refractivity contribution is 5.97. The summed E-state index contributed by atoms with van der Waals surface area (Å²) >= 11 is 0. The first kappa shape index (κ1) is 14.4. The number of rotatable bonds is 6. The normalized spacial score (nSPS) is 16.8. The molecule has 1 fully saturated rings. The van der Waals surface area contributed by atoms with Crippen LogP contribution < -0.4 is 11.1 Å². The van der Waals surface area contributed by atoms with Crippen molar-refractivity contribution in [1.82, 2.24) is 5.32 Å². The minimum absolute atomic E-state index is 0.0428. The monoisotopic (exact) mass is 275 g/mol. The van der Waals surface area contributed by atoms with Crippen molar-refractivity contribution in [1.29, 1.82) is 0 Å². The molecular weight excluding hydrogens is 254 g/mol. The predicted molar refractivity (Wildman–Crippen MR) is 77.6 cm³/mol. The third-order valence-corrected chi connectivity index (χ3v) is 4.09. The second-order valence-electron chi connectivity index (χ2n) is 5.49. The maximum absolute atomic E-state index is 11.9. The Labute approximate surface area is 118 Å². The van der Waals surface area contributed by atoms with E-state index in [1.807, 2.05) is 12.1 Å². The van der Waals surface area contributed by atoms with Gasteiger partial charge in [0.1, 0.15) is 0 Å². The topological polar surface area (TPSA) is 87.7 Å². The number of amides is 1. The van der Waals surface area contributed by atoms with E-state index in [-0.39, 0.29) is 11.7 Å². The van der Waals surface area contributed by atoms with Gasteiger partial charge in [0.2, 0.25) is 5.91 Å². The Hall–Kier alpha value is -2.04. The van der Waals surface area contributed by atoms with Gasteiger partial charge in [0, 0.05) is 12.1 Å². The average molecular weight is 275 g/mol. The standard InChI is InChI=1S/C15H21N3O2/c1-2-15(7-8-15)10-17-13(19)9-11-3-5-12(6-4-11)14(16)18-20/h3-6,20H,2,7-10H2,1H3,(H2,16,18)(H,17,19). The van der Waals surface area contributed by atoms with Crippen molar-refractivity contribution in [2.45, 2.75) is 32.6 Å². The van der Waals surface area contributed by atoms with Gasteiger partial charge in [-0.25, -0.2) is 0 Å². The Bertz CT molecular complexity index is 504. The molecule has 0 aromatic heterocycles. The van der Waals surface area contributed by atoms with E-state index in [1.165, 1.54) is 12.8 Å². The van der Waals surface area contributed by atoms with Crippen LogP contribution in [-0.2, 0) is 11.2 Å². The quantitative estimate of drug-likeness (QED) is 0.319. The maximum atomic E-state index is 11.9. The summed E-state index contributed by atoms with van der Waals surface area (Å²) in [4.78, 5) is 11.9. The number of nitrogens with zero attached hydrogens (tertiary/aromatic N) is 1. The fourth-order valence-corrected chi connectivity index (χ4v) is 2.22. The third kappa shape index (κ3) is 3.50. The van der Waals surface area contributed by atoms with E-state index in [0.29, 0.717) is 17.4 Å². The summed E-state index contributed by atoms with van der Waals surface area (Å²) in [5, 5.41) is 14.5. The number of nitrogens with one attached hydrogen (secondary N) is 1. The van der Waals surface area contributed by atoms with Crippen molar-refractivity contribution in [2.75, 3.05) is 6.54 Å². The van der Waals surface area contributed by atoms with Gasteiger partial charge in [0.05, 0.1) is 6.42 Å². The first-order valence-electron chi connectivity index (χ1n) is 6.92. The average Bonchev–Trinajstić information content (AvgIpc) is 3.26. The van der Waals surface area contributed by atoms with E-state index in [0.717, 1.165) is 18.5 Å². The Morgan fingerprint density at radius 1 is 1.40 bits per heavy atom. The van der Waals surface area contributed by atoms with Gasteiger partial charge >= 0.3 is 0 Å². The van der Waals surface area contributed by atoms with Crippen molar-refractivity contribution in [3.63, 3.8) is 0 Å². The van der Waals surface area contributed by atoms with Gasteiger partial charge < -0.3 is 16.3 Å². The number of nitrogens with two attached hydrogens (primary N) is 1. The predicted octanol–water partition coefficient (Wildman–Crippen LogP) is 1.63. The van der Waals surface area contributed by atoms with E-state index >= 15 is 0 Å². The molecule has 0 heterocycles. The zero-order valence-electron chi connectivity index (χ0n) is 11.7. The molecule has 1 aromatic carbocycles. The number of oxime groups is 1. The van der Waals surface area contributed by atoms with Gasteiger partial charge in [-0.15, -0.1) is 0 Å². The highest BCUT2D eigenvalue weighted by Crippen LogP contribution is 2.47. The van der Waals surface area contributed by atoms with Crippen LogP contribution in [-0.4, -0.2) is 23.5 Å². The van der Waals surface area contributed by atoms with Crippen molar-refractivity contribution < 1.29 is 10.0 Å². The lowest BCUT2D eigenvalue weighted by Gasteiger charge is -2.13. The molecule has 0 saturated heterocycles. The molecular formula is C15H21N3O2. The van der Waals surface area contributed by atoms with Gasteiger partial charge in [-0.2, -0.15) is 0 Å². The molecule has 1 saturated carbocycles. The van der Waals surface area contributed by atoms with Gasteiger partial charge in [-0.05, 0) is 30.2 Å². The highest BCUT2D eigenvalue weighted by Gasteiger charge is 2.40. The molecule has 108 valence electrons. The zero-order chi connectivity index (χ0) is 14.6. The van der Waals surface area contributed by atoms with Crippen LogP contribution in [0.1, 0.15) is 37.3 Å². The van der Waals surface area contributed by atoms with Gasteiger partial charge in [0.15, 0.2) is 5.84 Å². The Morgan fingerprint density at radius 3 is 2.55 bits per heavy atom. The van der Waals surface area contributed by atoms with Crippen LogP contribution in [0.4, 0.5) is 0 Å². The molecule has 0 spiro atoms. The molecule has 0 bridgehead atoms. The van der Waals surface area contributed by atoms with Crippen LogP contribution >= 0.6 is 0 Å². The Kier molecular flexibility index (Phi) is 4.27. The van der Waals surface area contributed by atoms with Crippen LogP contribution in [0.5, 0.6) is 0 Å². The number of hydrogen-bond donors (Lipinski definition) is 3. The molecule has 1 aromatic rings. The van der Waals surface area contributed by atoms with Crippen molar-refractivity contribution in [3.05, 3.63) is 35.4 Å². The molecule has 2 rings (SSSR count). The first-order chi connectivity index (χ1) is 9.58. The molecule has 0 radical (unpaired) electrons. The fraction of sp³-hybridized carbons (Fsp3) is 0.467. The molecule has 4 N–H and O–H groups in total. The van der Waals surface area contributed by atoms with Crippen LogP contribution in [0.25, 0.3) is 0 Å². The number of amidine groups is 1. The van der Waals surface area contributed by atoms with E-state index in [2.05, 4.69) is 17.4 Å². The molecule has 0 aliphatic heterocycles. The fourth-order valence-electron chi connectivity index (χ4n) is 2.22. The van der Waals surface area contributed by atoms with Crippen LogP contribution in [0.15, 0.2) is 29.4 Å². The zero-order valence-corrected chi connectivity index (χ0v) is 11.7. The minimum atomic E-state index is 0.0428. The van der Waals surface area contributed by atoms with Crippen molar-refractivity contribution in [3.8, 4) is 0 Å². The van der Waals surface area contributed by atoms with E-state index in [4.69, 9.17) is 10.9 Å². The summed E-state index contributed by atoms with van der Waals surface area (Å²) in [6.07, 6.45) is 3.93. The van der Waals surface area contributed by atoms with E-state index in [1.54, 1.807) is 12.1 Å². The number of carbonyl (C=O) groups excluding carboxylic acids is 1. The van der Waals surface area contributed by atoms with Gasteiger partial charge in [-0.3, -0.25) is 4.79 Å².